The zero-order valence-electron chi connectivity index (χ0n) is 15.1. The second kappa shape index (κ2) is 6.75. The Bertz CT molecular complexity index is 930. The molecule has 2 heterocycles. The molecule has 0 unspecified atom stereocenters. The molecule has 0 radical (unpaired) electrons. The number of aromatic nitrogens is 1. The number of benzene rings is 2. The normalized spacial score (nSPS) is 16.8. The standard InChI is InChI=1S/C21H23N3O2/c1-14-6-8-16(9-7-14)24-11-10-15(13-24)23-21(25)18-12-22-20-17(18)4-3-5-19(20)26-2/h3-9,12,15,22H,10-11,13H2,1-2H3,(H,23,25)/t15-/m0/s1. The van der Waals surface area contributed by atoms with E-state index in [0.717, 1.165) is 36.2 Å². The van der Waals surface area contributed by atoms with Crippen molar-refractivity contribution in [3.8, 4) is 5.75 Å². The minimum atomic E-state index is -0.0414. The number of fused-ring (bicyclic) bond motifs is 1. The van der Waals surface area contributed by atoms with Gasteiger partial charge in [-0.15, -0.1) is 0 Å². The van der Waals surface area contributed by atoms with E-state index in [-0.39, 0.29) is 11.9 Å². The zero-order chi connectivity index (χ0) is 18.1. The number of anilines is 1. The van der Waals surface area contributed by atoms with Crippen LogP contribution in [0.2, 0.25) is 0 Å². The van der Waals surface area contributed by atoms with E-state index in [0.29, 0.717) is 5.56 Å². The van der Waals surface area contributed by atoms with E-state index in [9.17, 15) is 4.79 Å². The Morgan fingerprint density at radius 3 is 2.81 bits per heavy atom. The van der Waals surface area contributed by atoms with Crippen molar-refractivity contribution in [1.29, 1.82) is 0 Å². The average molecular weight is 349 g/mol. The maximum atomic E-state index is 12.8. The van der Waals surface area contributed by atoms with Gasteiger partial charge in [-0.1, -0.05) is 29.8 Å². The maximum Gasteiger partial charge on any atom is 0.253 e. The number of ether oxygens (including phenoxy) is 1. The van der Waals surface area contributed by atoms with Crippen molar-refractivity contribution in [3.63, 3.8) is 0 Å². The summed E-state index contributed by atoms with van der Waals surface area (Å²) in [5, 5.41) is 4.07. The molecule has 134 valence electrons. The van der Waals surface area contributed by atoms with E-state index < -0.39 is 0 Å². The predicted molar refractivity (Wildman–Crippen MR) is 104 cm³/mol. The van der Waals surface area contributed by atoms with Gasteiger partial charge in [0, 0.05) is 36.4 Å². The van der Waals surface area contributed by atoms with E-state index in [1.165, 1.54) is 11.3 Å². The molecule has 1 fully saturated rings. The molecule has 4 rings (SSSR count). The summed E-state index contributed by atoms with van der Waals surface area (Å²) < 4.78 is 5.36. The van der Waals surface area contributed by atoms with Crippen LogP contribution in [0.4, 0.5) is 5.69 Å². The quantitative estimate of drug-likeness (QED) is 0.758. The number of hydrogen-bond acceptors (Lipinski definition) is 3. The Hall–Kier alpha value is -2.95. The van der Waals surface area contributed by atoms with Gasteiger partial charge in [-0.25, -0.2) is 0 Å². The van der Waals surface area contributed by atoms with Crippen molar-refractivity contribution in [2.24, 2.45) is 0 Å². The highest BCUT2D eigenvalue weighted by Crippen LogP contribution is 2.27. The summed E-state index contributed by atoms with van der Waals surface area (Å²) in [6.07, 6.45) is 2.71. The van der Waals surface area contributed by atoms with Gasteiger partial charge in [-0.2, -0.15) is 0 Å². The molecule has 26 heavy (non-hydrogen) atoms. The molecule has 1 aromatic heterocycles. The lowest BCUT2D eigenvalue weighted by molar-refractivity contribution is 0.0942. The summed E-state index contributed by atoms with van der Waals surface area (Å²) in [5.74, 6) is 0.702. The largest absolute Gasteiger partial charge is 0.495 e. The molecular formula is C21H23N3O2. The van der Waals surface area contributed by atoms with Gasteiger partial charge in [0.25, 0.3) is 5.91 Å². The Morgan fingerprint density at radius 2 is 2.04 bits per heavy atom. The van der Waals surface area contributed by atoms with Gasteiger partial charge in [0.05, 0.1) is 18.2 Å². The van der Waals surface area contributed by atoms with Crippen LogP contribution in [-0.4, -0.2) is 37.1 Å². The molecule has 1 amide bonds. The van der Waals surface area contributed by atoms with Crippen molar-refractivity contribution >= 4 is 22.5 Å². The van der Waals surface area contributed by atoms with Gasteiger partial charge in [-0.3, -0.25) is 4.79 Å². The molecule has 0 bridgehead atoms. The lowest BCUT2D eigenvalue weighted by Gasteiger charge is -2.19. The first-order chi connectivity index (χ1) is 12.7. The molecule has 1 atom stereocenters. The number of hydrogen-bond donors (Lipinski definition) is 2. The number of methoxy groups -OCH3 is 1. The molecule has 2 aromatic carbocycles. The van der Waals surface area contributed by atoms with Crippen molar-refractivity contribution in [3.05, 3.63) is 59.8 Å². The van der Waals surface area contributed by atoms with Crippen LogP contribution in [0.3, 0.4) is 0 Å². The Kier molecular flexibility index (Phi) is 4.29. The molecule has 0 spiro atoms. The summed E-state index contributed by atoms with van der Waals surface area (Å²) in [4.78, 5) is 18.3. The molecule has 5 nitrogen and oxygen atoms in total. The number of carbonyl (C=O) groups is 1. The Labute approximate surface area is 153 Å². The highest BCUT2D eigenvalue weighted by Gasteiger charge is 2.25. The summed E-state index contributed by atoms with van der Waals surface area (Å²) in [7, 11) is 1.63. The third-order valence-corrected chi connectivity index (χ3v) is 5.06. The molecule has 0 saturated carbocycles. The average Bonchev–Trinajstić information content (AvgIpc) is 3.29. The topological polar surface area (TPSA) is 57.4 Å². The number of nitrogens with zero attached hydrogens (tertiary/aromatic N) is 1. The molecule has 5 heteroatoms. The minimum absolute atomic E-state index is 0.0414. The fraction of sp³-hybridized carbons (Fsp3) is 0.286. The second-order valence-electron chi connectivity index (χ2n) is 6.83. The summed E-state index contributed by atoms with van der Waals surface area (Å²) in [6.45, 7) is 3.88. The number of para-hydroxylation sites is 1. The summed E-state index contributed by atoms with van der Waals surface area (Å²) in [5.41, 5.74) is 3.98. The van der Waals surface area contributed by atoms with Gasteiger partial charge < -0.3 is 19.9 Å². The van der Waals surface area contributed by atoms with Crippen molar-refractivity contribution in [2.75, 3.05) is 25.1 Å². The Morgan fingerprint density at radius 1 is 1.23 bits per heavy atom. The SMILES string of the molecule is COc1cccc2c(C(=O)N[C@H]3CCN(c4ccc(C)cc4)C3)c[nH]c12. The fourth-order valence-electron chi connectivity index (χ4n) is 3.62. The molecule has 3 aromatic rings. The van der Waals surface area contributed by atoms with Crippen LogP contribution < -0.4 is 15.0 Å². The molecule has 0 aliphatic carbocycles. The zero-order valence-corrected chi connectivity index (χ0v) is 15.1. The fourth-order valence-corrected chi connectivity index (χ4v) is 3.62. The number of rotatable bonds is 4. The van der Waals surface area contributed by atoms with Gasteiger partial charge >= 0.3 is 0 Å². The van der Waals surface area contributed by atoms with Crippen LogP contribution in [0.15, 0.2) is 48.7 Å². The van der Waals surface area contributed by atoms with Gasteiger partial charge in [0.2, 0.25) is 0 Å². The van der Waals surface area contributed by atoms with Crippen LogP contribution in [-0.2, 0) is 0 Å². The van der Waals surface area contributed by atoms with Gasteiger partial charge in [0.15, 0.2) is 0 Å². The number of H-pyrrole nitrogens is 1. The van der Waals surface area contributed by atoms with E-state index in [1.807, 2.05) is 18.2 Å². The van der Waals surface area contributed by atoms with E-state index in [2.05, 4.69) is 46.4 Å². The number of nitrogens with one attached hydrogen (secondary N) is 2. The molecule has 1 aliphatic heterocycles. The lowest BCUT2D eigenvalue weighted by atomic mass is 10.1. The Balaban J connectivity index is 1.47. The van der Waals surface area contributed by atoms with E-state index >= 15 is 0 Å². The van der Waals surface area contributed by atoms with Gasteiger partial charge in [-0.05, 0) is 31.5 Å². The van der Waals surface area contributed by atoms with Crippen LogP contribution in [0, 0.1) is 6.92 Å². The van der Waals surface area contributed by atoms with E-state index in [4.69, 9.17) is 4.74 Å². The summed E-state index contributed by atoms with van der Waals surface area (Å²) >= 11 is 0. The number of aromatic amines is 1. The summed E-state index contributed by atoms with van der Waals surface area (Å²) in [6, 6.07) is 14.4. The molecule has 1 saturated heterocycles. The van der Waals surface area contributed by atoms with E-state index in [1.54, 1.807) is 13.3 Å². The third kappa shape index (κ3) is 3.01. The van der Waals surface area contributed by atoms with Gasteiger partial charge in [0.1, 0.15) is 5.75 Å². The predicted octanol–water partition coefficient (Wildman–Crippen LogP) is 3.49. The van der Waals surface area contributed by atoms with Crippen LogP contribution in [0.5, 0.6) is 5.75 Å². The first-order valence-corrected chi connectivity index (χ1v) is 8.92. The molecule has 2 N–H and O–H groups in total. The maximum absolute atomic E-state index is 12.8. The monoisotopic (exact) mass is 349 g/mol. The van der Waals surface area contributed by atoms with Crippen LogP contribution in [0.25, 0.3) is 10.9 Å². The van der Waals surface area contributed by atoms with Crippen molar-refractivity contribution in [1.82, 2.24) is 10.3 Å². The number of aryl methyl sites for hydroxylation is 1. The van der Waals surface area contributed by atoms with Crippen molar-refractivity contribution < 1.29 is 9.53 Å². The first-order valence-electron chi connectivity index (χ1n) is 8.92. The second-order valence-corrected chi connectivity index (χ2v) is 6.83. The highest BCUT2D eigenvalue weighted by atomic mass is 16.5. The third-order valence-electron chi connectivity index (χ3n) is 5.06. The molecule has 1 aliphatic rings. The smallest absolute Gasteiger partial charge is 0.253 e. The molecular weight excluding hydrogens is 326 g/mol. The number of amides is 1. The van der Waals surface area contributed by atoms with Crippen LogP contribution in [0.1, 0.15) is 22.3 Å². The minimum Gasteiger partial charge on any atom is -0.495 e. The highest BCUT2D eigenvalue weighted by molar-refractivity contribution is 6.08. The van der Waals surface area contributed by atoms with Crippen molar-refractivity contribution in [2.45, 2.75) is 19.4 Å². The lowest BCUT2D eigenvalue weighted by Crippen LogP contribution is -2.37. The number of carbonyl (C=O) groups excluding carboxylic acids is 1. The first kappa shape index (κ1) is 16.5. The van der Waals surface area contributed by atoms with Crippen LogP contribution >= 0.6 is 0 Å².